The predicted octanol–water partition coefficient (Wildman–Crippen LogP) is 5.19. The molecule has 4 fully saturated rings. The van der Waals surface area contributed by atoms with Gasteiger partial charge in [0.1, 0.15) is 18.2 Å². The molecule has 2 bridgehead atoms. The number of hydrogen-bond acceptors (Lipinski definition) is 8. The van der Waals surface area contributed by atoms with Crippen LogP contribution in [0.15, 0.2) is 16.6 Å². The van der Waals surface area contributed by atoms with Crippen molar-refractivity contribution in [1.29, 1.82) is 0 Å². The molecule has 0 spiro atoms. The molecule has 0 radical (unpaired) electrons. The fourth-order valence-corrected chi connectivity index (χ4v) is 12.1. The van der Waals surface area contributed by atoms with Gasteiger partial charge in [0.05, 0.1) is 19.1 Å². The fourth-order valence-electron chi connectivity index (χ4n) is 12.1. The maximum absolute atomic E-state index is 13.5. The number of rotatable bonds is 11. The van der Waals surface area contributed by atoms with E-state index < -0.39 is 58.3 Å². The van der Waals surface area contributed by atoms with Crippen LogP contribution in [0.4, 0.5) is 0 Å². The van der Waals surface area contributed by atoms with Gasteiger partial charge in [0.2, 0.25) is 0 Å². The van der Waals surface area contributed by atoms with E-state index in [1.807, 2.05) is 0 Å². The van der Waals surface area contributed by atoms with Crippen LogP contribution >= 0.6 is 0 Å². The number of carbonyl (C=O) groups is 3. The third-order valence-corrected chi connectivity index (χ3v) is 15.2. The molecule has 0 amide bonds. The van der Waals surface area contributed by atoms with E-state index in [1.54, 1.807) is 0 Å². The summed E-state index contributed by atoms with van der Waals surface area (Å²) in [5.74, 6) is -1.12. The first-order valence-electron chi connectivity index (χ1n) is 19.0. The summed E-state index contributed by atoms with van der Waals surface area (Å²) in [4.78, 5) is 43.5. The van der Waals surface area contributed by atoms with Crippen LogP contribution < -0.4 is 17.2 Å². The number of carboxylic acids is 1. The monoisotopic (exact) mass is 700 g/mol. The molecule has 12 atom stereocenters. The lowest BCUT2D eigenvalue weighted by molar-refractivity contribution is -0.263. The van der Waals surface area contributed by atoms with E-state index in [1.165, 1.54) is 12.5 Å². The Balaban J connectivity index is 1.47. The second-order valence-electron chi connectivity index (χ2n) is 18.0. The summed E-state index contributed by atoms with van der Waals surface area (Å²) >= 11 is 0. The van der Waals surface area contributed by atoms with E-state index in [-0.39, 0.29) is 34.5 Å². The molecule has 5 aliphatic rings. The maximum Gasteiger partial charge on any atom is 0.323 e. The molecule has 11 nitrogen and oxygen atoms in total. The molecule has 0 aromatic heterocycles. The van der Waals surface area contributed by atoms with Gasteiger partial charge in [-0.15, -0.1) is 0 Å². The van der Waals surface area contributed by atoms with Gasteiger partial charge in [-0.3, -0.25) is 19.4 Å². The van der Waals surface area contributed by atoms with E-state index in [0.717, 1.165) is 25.7 Å². The number of aliphatic imine (C=N–C) groups is 1. The van der Waals surface area contributed by atoms with E-state index in [2.05, 4.69) is 59.5 Å². The lowest BCUT2D eigenvalue weighted by atomic mass is 9.34. The molecule has 4 aliphatic carbocycles. The van der Waals surface area contributed by atoms with Crippen molar-refractivity contribution in [1.82, 2.24) is 0 Å². The number of nitrogens with zero attached hydrogens (tertiary/aromatic N) is 1. The largest absolute Gasteiger partial charge is 0.481 e. The molecular weight excluding hydrogens is 636 g/mol. The van der Waals surface area contributed by atoms with Gasteiger partial charge in [-0.05, 0) is 97.7 Å². The number of guanidine groups is 1. The number of carboxylic acid groups (broad SMARTS) is 1. The minimum absolute atomic E-state index is 0.0325. The number of unbranched alkanes of at least 4 members (excludes halogenated alkanes) is 1. The highest BCUT2D eigenvalue weighted by Crippen LogP contribution is 2.75. The second-order valence-corrected chi connectivity index (χ2v) is 18.0. The summed E-state index contributed by atoms with van der Waals surface area (Å²) in [6.07, 6.45) is 7.55. The van der Waals surface area contributed by atoms with Crippen molar-refractivity contribution >= 4 is 23.9 Å². The summed E-state index contributed by atoms with van der Waals surface area (Å²) in [6, 6.07) is -0.834. The zero-order valence-corrected chi connectivity index (χ0v) is 31.8. The first kappa shape index (κ1) is 38.6. The Kier molecular flexibility index (Phi) is 10.6. The average Bonchev–Trinajstić information content (AvgIpc) is 3.02. The highest BCUT2D eigenvalue weighted by Gasteiger charge is 2.72. The van der Waals surface area contributed by atoms with Crippen LogP contribution in [0.3, 0.4) is 0 Å². The highest BCUT2D eigenvalue weighted by atomic mass is 16.6. The fraction of sp³-hybridized carbons (Fsp3) is 0.846. The van der Waals surface area contributed by atoms with Gasteiger partial charge in [0.15, 0.2) is 5.96 Å². The molecule has 0 aromatic carbocycles. The number of nitrogens with two attached hydrogens (primary N) is 3. The van der Waals surface area contributed by atoms with Gasteiger partial charge in [-0.25, -0.2) is 0 Å². The zero-order valence-electron chi connectivity index (χ0n) is 31.8. The molecule has 1 unspecified atom stereocenters. The van der Waals surface area contributed by atoms with Gasteiger partial charge >= 0.3 is 17.9 Å². The molecule has 0 aromatic rings. The zero-order chi connectivity index (χ0) is 37.0. The highest BCUT2D eigenvalue weighted by molar-refractivity contribution is 5.76. The average molecular weight is 701 g/mol. The predicted molar refractivity (Wildman–Crippen MR) is 192 cm³/mol. The Bertz CT molecular complexity index is 1400. The summed E-state index contributed by atoms with van der Waals surface area (Å²) in [6.45, 7) is 18.3. The van der Waals surface area contributed by atoms with Gasteiger partial charge in [-0.1, -0.05) is 60.1 Å². The molecule has 3 saturated carbocycles. The third kappa shape index (κ3) is 6.05. The van der Waals surface area contributed by atoms with Crippen LogP contribution in [0.5, 0.6) is 0 Å². The number of aliphatic carboxylic acids is 1. The van der Waals surface area contributed by atoms with E-state index in [0.29, 0.717) is 57.8 Å². The molecule has 282 valence electrons. The molecule has 11 heteroatoms. The Hall–Kier alpha value is -2.66. The molecule has 1 aliphatic heterocycles. The van der Waals surface area contributed by atoms with Crippen LogP contribution in [-0.4, -0.2) is 67.0 Å². The standard InChI is InChI=1S/C39H64N4O7/c1-22(2)23(3)35(5)16-17-37(7)25-12-13-29-36(6)20-48-21-39(29,26(25)14-15-38(37,8)30(35)32(45)46)19-28(49-24(4)44)31(36)50-33(47)27(40)11-9-10-18-43-34(41)42/h14,22-23,25,27-31H,9-13,15-21,40H2,1-8H3,(H,45,46)(H4,41,42,43)/t23-,25+,27?,28-,29+,30-,31+,35-,36-,37-,38+,39+/m1/s1. The van der Waals surface area contributed by atoms with Crippen molar-refractivity contribution in [3.05, 3.63) is 11.6 Å². The summed E-state index contributed by atoms with van der Waals surface area (Å²) in [7, 11) is 0. The summed E-state index contributed by atoms with van der Waals surface area (Å²) in [5.41, 5.74) is 16.5. The molecule has 7 N–H and O–H groups in total. The third-order valence-electron chi connectivity index (χ3n) is 15.2. The minimum Gasteiger partial charge on any atom is -0.481 e. The number of ether oxygens (including phenoxy) is 3. The van der Waals surface area contributed by atoms with Crippen molar-refractivity contribution in [3.8, 4) is 0 Å². The van der Waals surface area contributed by atoms with Crippen molar-refractivity contribution < 1.29 is 33.7 Å². The maximum atomic E-state index is 13.5. The van der Waals surface area contributed by atoms with Gasteiger partial charge in [-0.2, -0.15) is 0 Å². The number of fused-ring (bicyclic) bond motifs is 3. The minimum atomic E-state index is -0.834. The van der Waals surface area contributed by atoms with Gasteiger partial charge in [0, 0.05) is 24.3 Å². The number of allylic oxidation sites excluding steroid dienone is 1. The van der Waals surface area contributed by atoms with Crippen LogP contribution in [0.1, 0.15) is 113 Å². The topological polar surface area (TPSA) is 190 Å². The van der Waals surface area contributed by atoms with Crippen molar-refractivity contribution in [3.63, 3.8) is 0 Å². The van der Waals surface area contributed by atoms with Crippen molar-refractivity contribution in [2.75, 3.05) is 19.8 Å². The van der Waals surface area contributed by atoms with E-state index in [9.17, 15) is 19.5 Å². The van der Waals surface area contributed by atoms with Crippen LogP contribution in [0.25, 0.3) is 0 Å². The SMILES string of the molecule is CC(=O)O[C@@H]1C[C@@]23COC[C@](C)([C@@H]2CC[C@H]2C3=CC[C@@]3(C)[C@H](C(=O)O)[C@@](C)([C@H](C)C(C)C)CC[C@]23C)[C@H]1OC(=O)C(N)CCCCN=C(N)N. The molecule has 5 rings (SSSR count). The number of esters is 2. The Morgan fingerprint density at radius 2 is 1.72 bits per heavy atom. The van der Waals surface area contributed by atoms with Gasteiger partial charge in [0.25, 0.3) is 0 Å². The van der Waals surface area contributed by atoms with E-state index >= 15 is 0 Å². The van der Waals surface area contributed by atoms with Crippen molar-refractivity contribution in [2.24, 2.45) is 78.9 Å². The Morgan fingerprint density at radius 1 is 1.02 bits per heavy atom. The first-order valence-corrected chi connectivity index (χ1v) is 19.0. The van der Waals surface area contributed by atoms with Crippen LogP contribution in [-0.2, 0) is 28.6 Å². The first-order chi connectivity index (χ1) is 23.3. The normalized spacial score (nSPS) is 41.7. The molecule has 1 heterocycles. The smallest absolute Gasteiger partial charge is 0.323 e. The second kappa shape index (κ2) is 13.7. The summed E-state index contributed by atoms with van der Waals surface area (Å²) in [5, 5.41) is 11.0. The lowest BCUT2D eigenvalue weighted by Gasteiger charge is -2.71. The number of hydrogen-bond donors (Lipinski definition) is 4. The number of carbonyl (C=O) groups excluding carboxylic acids is 2. The van der Waals surface area contributed by atoms with Crippen LogP contribution in [0.2, 0.25) is 0 Å². The summed E-state index contributed by atoms with van der Waals surface area (Å²) < 4.78 is 18.8. The van der Waals surface area contributed by atoms with E-state index in [4.69, 9.17) is 31.4 Å². The molecular formula is C39H64N4O7. The van der Waals surface area contributed by atoms with Crippen LogP contribution in [0, 0.1) is 56.7 Å². The van der Waals surface area contributed by atoms with Crippen molar-refractivity contribution in [2.45, 2.75) is 131 Å². The molecule has 1 saturated heterocycles. The van der Waals surface area contributed by atoms with Gasteiger partial charge < -0.3 is 36.5 Å². The Morgan fingerprint density at radius 3 is 2.34 bits per heavy atom. The Labute approximate surface area is 298 Å². The molecule has 50 heavy (non-hydrogen) atoms. The quantitative estimate of drug-likeness (QED) is 0.0734. The lowest BCUT2D eigenvalue weighted by Crippen LogP contribution is -2.70.